The van der Waals surface area contributed by atoms with Crippen LogP contribution >= 0.6 is 0 Å². The number of hydrogen-bond acceptors (Lipinski definition) is 7. The van der Waals surface area contributed by atoms with Crippen molar-refractivity contribution in [2.45, 2.75) is 64.1 Å². The second-order valence-electron chi connectivity index (χ2n) is 6.98. The highest BCUT2D eigenvalue weighted by Crippen LogP contribution is 2.10. The van der Waals surface area contributed by atoms with Crippen molar-refractivity contribution in [1.82, 2.24) is 16.0 Å². The smallest absolute Gasteiger partial charge is 0.326 e. The van der Waals surface area contributed by atoms with Crippen LogP contribution in [0.5, 0.6) is 0 Å². The predicted molar refractivity (Wildman–Crippen MR) is 107 cm³/mol. The summed E-state index contributed by atoms with van der Waals surface area (Å²) in [6.45, 7) is 3.37. The number of carboxylic acid groups (broad SMARTS) is 2. The van der Waals surface area contributed by atoms with Gasteiger partial charge in [0.15, 0.2) is 0 Å². The van der Waals surface area contributed by atoms with Crippen molar-refractivity contribution in [3.8, 4) is 0 Å². The minimum absolute atomic E-state index is 0.159. The van der Waals surface area contributed by atoms with Gasteiger partial charge in [-0.25, -0.2) is 4.79 Å². The van der Waals surface area contributed by atoms with E-state index in [1.54, 1.807) is 13.8 Å². The van der Waals surface area contributed by atoms with Crippen LogP contribution in [0.3, 0.4) is 0 Å². The third-order valence-corrected chi connectivity index (χ3v) is 4.57. The van der Waals surface area contributed by atoms with Gasteiger partial charge in [-0.15, -0.1) is 0 Å². The summed E-state index contributed by atoms with van der Waals surface area (Å²) in [7, 11) is 0. The lowest BCUT2D eigenvalue weighted by atomic mass is 9.98. The molecule has 4 unspecified atom stereocenters. The molecule has 0 fully saturated rings. The maximum Gasteiger partial charge on any atom is 0.326 e. The van der Waals surface area contributed by atoms with Gasteiger partial charge in [0.1, 0.15) is 18.1 Å². The molecule has 12 nitrogen and oxygen atoms in total. The summed E-state index contributed by atoms with van der Waals surface area (Å²) in [6, 6.07) is -3.71. The molecule has 0 radical (unpaired) electrons. The molecule has 0 aromatic rings. The van der Waals surface area contributed by atoms with Crippen LogP contribution in [0.25, 0.3) is 0 Å². The van der Waals surface area contributed by atoms with E-state index in [0.29, 0.717) is 25.8 Å². The zero-order valence-electron chi connectivity index (χ0n) is 17.3. The molecule has 0 spiro atoms. The Balaban J connectivity index is 5.43. The van der Waals surface area contributed by atoms with Crippen LogP contribution in [-0.4, -0.2) is 71.1 Å². The fourth-order valence-corrected chi connectivity index (χ4v) is 2.61. The molecule has 0 heterocycles. The van der Waals surface area contributed by atoms with Crippen LogP contribution in [-0.2, 0) is 24.0 Å². The summed E-state index contributed by atoms with van der Waals surface area (Å²) in [5.41, 5.74) is 10.6. The number of amides is 3. The molecular weight excluding hydrogens is 398 g/mol. The van der Waals surface area contributed by atoms with Crippen molar-refractivity contribution in [2.24, 2.45) is 17.4 Å². The third kappa shape index (κ3) is 10.2. The lowest BCUT2D eigenvalue weighted by Crippen LogP contribution is -2.57. The van der Waals surface area contributed by atoms with Crippen molar-refractivity contribution in [3.05, 3.63) is 0 Å². The number of carbonyl (C=O) groups excluding carboxylic acids is 3. The first-order chi connectivity index (χ1) is 14.1. The maximum atomic E-state index is 12.7. The number of rotatable bonds is 15. The van der Waals surface area contributed by atoms with E-state index >= 15 is 0 Å². The van der Waals surface area contributed by atoms with Gasteiger partial charge in [-0.05, 0) is 31.7 Å². The minimum Gasteiger partial charge on any atom is -0.481 e. The summed E-state index contributed by atoms with van der Waals surface area (Å²) in [6.07, 6.45) is 0.989. The number of hydrogen-bond donors (Lipinski definition) is 7. The first-order valence-corrected chi connectivity index (χ1v) is 9.82. The molecule has 4 atom stereocenters. The van der Waals surface area contributed by atoms with Gasteiger partial charge in [0.05, 0.1) is 13.0 Å². The quantitative estimate of drug-likeness (QED) is 0.144. The number of carbonyl (C=O) groups is 5. The van der Waals surface area contributed by atoms with Gasteiger partial charge in [-0.2, -0.15) is 0 Å². The number of nitrogens with one attached hydrogen (secondary N) is 3. The van der Waals surface area contributed by atoms with E-state index < -0.39 is 60.8 Å². The summed E-state index contributed by atoms with van der Waals surface area (Å²) < 4.78 is 0. The van der Waals surface area contributed by atoms with Gasteiger partial charge < -0.3 is 37.6 Å². The fourth-order valence-electron chi connectivity index (χ4n) is 2.61. The van der Waals surface area contributed by atoms with Gasteiger partial charge in [-0.1, -0.05) is 20.3 Å². The Morgan fingerprint density at radius 1 is 0.900 bits per heavy atom. The Kier molecular flexibility index (Phi) is 13.0. The number of nitrogens with two attached hydrogens (primary N) is 2. The van der Waals surface area contributed by atoms with Crippen LogP contribution in [0.1, 0.15) is 46.0 Å². The molecular formula is C18H33N5O7. The van der Waals surface area contributed by atoms with Crippen molar-refractivity contribution < 1.29 is 34.2 Å². The zero-order valence-corrected chi connectivity index (χ0v) is 17.3. The van der Waals surface area contributed by atoms with Crippen LogP contribution in [0.15, 0.2) is 0 Å². The molecule has 3 amide bonds. The highest BCUT2D eigenvalue weighted by atomic mass is 16.4. The zero-order chi connectivity index (χ0) is 23.3. The SMILES string of the molecule is CCC(C)C(NC(=O)C(CCCCN)NC(=O)C(CC(=O)O)NC(=O)CN)C(=O)O. The van der Waals surface area contributed by atoms with E-state index in [2.05, 4.69) is 16.0 Å². The molecule has 9 N–H and O–H groups in total. The van der Waals surface area contributed by atoms with Crippen LogP contribution in [0.2, 0.25) is 0 Å². The lowest BCUT2D eigenvalue weighted by Gasteiger charge is -2.26. The van der Waals surface area contributed by atoms with E-state index in [0.717, 1.165) is 0 Å². The Morgan fingerprint density at radius 2 is 1.50 bits per heavy atom. The molecule has 30 heavy (non-hydrogen) atoms. The van der Waals surface area contributed by atoms with E-state index in [4.69, 9.17) is 16.6 Å². The standard InChI is InChI=1S/C18H33N5O7/c1-3-10(2)15(18(29)30)23-16(27)11(6-4-5-7-19)22-17(28)12(8-14(25)26)21-13(24)9-20/h10-12,15H,3-9,19-20H2,1-2H3,(H,21,24)(H,22,28)(H,23,27)(H,25,26)(H,29,30). The maximum absolute atomic E-state index is 12.7. The van der Waals surface area contributed by atoms with E-state index in [9.17, 15) is 29.1 Å². The molecule has 0 aliphatic carbocycles. The van der Waals surface area contributed by atoms with Crippen molar-refractivity contribution in [1.29, 1.82) is 0 Å². The molecule has 0 aromatic heterocycles. The highest BCUT2D eigenvalue weighted by molar-refractivity contribution is 5.95. The minimum atomic E-state index is -1.44. The van der Waals surface area contributed by atoms with Crippen molar-refractivity contribution in [2.75, 3.05) is 13.1 Å². The molecule has 172 valence electrons. The average molecular weight is 431 g/mol. The van der Waals surface area contributed by atoms with E-state index in [-0.39, 0.29) is 12.3 Å². The van der Waals surface area contributed by atoms with E-state index in [1.807, 2.05) is 0 Å². The summed E-state index contributed by atoms with van der Waals surface area (Å²) in [4.78, 5) is 59.2. The molecule has 0 aliphatic heterocycles. The lowest BCUT2D eigenvalue weighted by molar-refractivity contribution is -0.144. The second-order valence-corrected chi connectivity index (χ2v) is 6.98. The fraction of sp³-hybridized carbons (Fsp3) is 0.722. The third-order valence-electron chi connectivity index (χ3n) is 4.57. The number of unbranched alkanes of at least 4 members (excludes halogenated alkanes) is 1. The average Bonchev–Trinajstić information content (AvgIpc) is 2.69. The van der Waals surface area contributed by atoms with Crippen molar-refractivity contribution >= 4 is 29.7 Å². The molecule has 0 rings (SSSR count). The molecule has 0 aliphatic rings. The Labute approximate surface area is 175 Å². The number of aliphatic carboxylic acids is 2. The van der Waals surface area contributed by atoms with Gasteiger partial charge in [-0.3, -0.25) is 19.2 Å². The van der Waals surface area contributed by atoms with Crippen LogP contribution < -0.4 is 27.4 Å². The summed E-state index contributed by atoms with van der Waals surface area (Å²) >= 11 is 0. The first kappa shape index (κ1) is 27.3. The van der Waals surface area contributed by atoms with Crippen LogP contribution in [0.4, 0.5) is 0 Å². The summed E-state index contributed by atoms with van der Waals surface area (Å²) in [5, 5.41) is 25.4. The van der Waals surface area contributed by atoms with Crippen molar-refractivity contribution in [3.63, 3.8) is 0 Å². The highest BCUT2D eigenvalue weighted by Gasteiger charge is 2.31. The van der Waals surface area contributed by atoms with Gasteiger partial charge in [0, 0.05) is 0 Å². The Bertz CT molecular complexity index is 614. The molecule has 0 saturated heterocycles. The summed E-state index contributed by atoms with van der Waals surface area (Å²) in [5.74, 6) is -5.23. The predicted octanol–water partition coefficient (Wildman–Crippen LogP) is -1.87. The first-order valence-electron chi connectivity index (χ1n) is 9.82. The largest absolute Gasteiger partial charge is 0.481 e. The topological polar surface area (TPSA) is 214 Å². The Hall–Kier alpha value is -2.73. The second kappa shape index (κ2) is 14.3. The number of carboxylic acids is 2. The normalized spacial score (nSPS) is 14.7. The Morgan fingerprint density at radius 3 is 1.97 bits per heavy atom. The monoisotopic (exact) mass is 431 g/mol. The molecule has 0 aromatic carbocycles. The molecule has 0 saturated carbocycles. The van der Waals surface area contributed by atoms with Gasteiger partial charge in [0.25, 0.3) is 0 Å². The van der Waals surface area contributed by atoms with Crippen LogP contribution in [0, 0.1) is 5.92 Å². The van der Waals surface area contributed by atoms with Gasteiger partial charge >= 0.3 is 11.9 Å². The molecule has 12 heteroatoms. The van der Waals surface area contributed by atoms with E-state index in [1.165, 1.54) is 0 Å². The molecule has 0 bridgehead atoms. The van der Waals surface area contributed by atoms with Gasteiger partial charge in [0.2, 0.25) is 17.7 Å².